The monoisotopic (exact) mass is 344 g/mol. The molecule has 0 atom stereocenters. The van der Waals surface area contributed by atoms with Crippen LogP contribution in [0.5, 0.6) is 0 Å². The number of carbonyl (C=O) groups is 1. The summed E-state index contributed by atoms with van der Waals surface area (Å²) in [6, 6.07) is 16.8. The molecule has 1 heterocycles. The predicted molar refractivity (Wildman–Crippen MR) is 94.2 cm³/mol. The van der Waals surface area contributed by atoms with Gasteiger partial charge in [0.25, 0.3) is 0 Å². The molecule has 1 aliphatic heterocycles. The minimum atomic E-state index is -3.51. The van der Waals surface area contributed by atoms with E-state index in [1.54, 1.807) is 11.0 Å². The number of rotatable bonds is 4. The molecular weight excluding hydrogens is 324 g/mol. The van der Waals surface area contributed by atoms with E-state index in [0.29, 0.717) is 13.1 Å². The number of sulfonamides is 1. The molecular formula is C18H20N2O3S. The molecule has 0 aliphatic carbocycles. The van der Waals surface area contributed by atoms with Crippen molar-refractivity contribution in [3.63, 3.8) is 0 Å². The van der Waals surface area contributed by atoms with Crippen LogP contribution in [0.1, 0.15) is 11.1 Å². The number of hydrogen-bond acceptors (Lipinski definition) is 3. The number of benzene rings is 2. The fraction of sp³-hybridized carbons (Fsp3) is 0.278. The summed E-state index contributed by atoms with van der Waals surface area (Å²) in [4.78, 5) is 14.0. The van der Waals surface area contributed by atoms with Gasteiger partial charge in [-0.15, -0.1) is 0 Å². The van der Waals surface area contributed by atoms with Crippen LogP contribution in [-0.2, 0) is 20.6 Å². The van der Waals surface area contributed by atoms with Crippen LogP contribution in [-0.4, -0.2) is 38.3 Å². The average molecular weight is 344 g/mol. The molecule has 0 saturated carbocycles. The molecule has 0 N–H and O–H groups in total. The number of hydrogen-bond donors (Lipinski definition) is 0. The van der Waals surface area contributed by atoms with Gasteiger partial charge in [-0.3, -0.25) is 4.79 Å². The lowest BCUT2D eigenvalue weighted by Gasteiger charge is -2.33. The maximum atomic E-state index is 12.6. The maximum absolute atomic E-state index is 12.6. The summed E-state index contributed by atoms with van der Waals surface area (Å²) in [5.74, 6) is -0.270. The Labute approximate surface area is 142 Å². The second-order valence-corrected chi connectivity index (χ2v) is 7.93. The number of carbonyl (C=O) groups excluding carboxylic acids is 1. The SMILES string of the molecule is Cc1cccc(CS(=O)(=O)N2CCN(c3ccccc3)C(=O)C2)c1. The van der Waals surface area contributed by atoms with Gasteiger partial charge >= 0.3 is 0 Å². The van der Waals surface area contributed by atoms with E-state index in [9.17, 15) is 13.2 Å². The smallest absolute Gasteiger partial charge is 0.242 e. The molecule has 1 aliphatic rings. The summed E-state index contributed by atoms with van der Waals surface area (Å²) >= 11 is 0. The van der Waals surface area contributed by atoms with E-state index >= 15 is 0 Å². The van der Waals surface area contributed by atoms with Gasteiger partial charge in [0.2, 0.25) is 15.9 Å². The maximum Gasteiger partial charge on any atom is 0.242 e. The molecule has 1 fully saturated rings. The van der Waals surface area contributed by atoms with Crippen molar-refractivity contribution in [2.45, 2.75) is 12.7 Å². The summed E-state index contributed by atoms with van der Waals surface area (Å²) in [7, 11) is -3.51. The Morgan fingerprint density at radius 2 is 1.75 bits per heavy atom. The first-order valence-corrected chi connectivity index (χ1v) is 9.45. The number of amides is 1. The normalized spacial score (nSPS) is 16.4. The van der Waals surface area contributed by atoms with Crippen molar-refractivity contribution in [2.24, 2.45) is 0 Å². The first kappa shape index (κ1) is 16.7. The number of para-hydroxylation sites is 1. The Kier molecular flexibility index (Phi) is 4.69. The Morgan fingerprint density at radius 1 is 1.00 bits per heavy atom. The van der Waals surface area contributed by atoms with Gasteiger partial charge in [0.1, 0.15) is 0 Å². The minimum Gasteiger partial charge on any atom is -0.310 e. The van der Waals surface area contributed by atoms with Crippen molar-refractivity contribution in [1.29, 1.82) is 0 Å². The molecule has 2 aromatic rings. The quantitative estimate of drug-likeness (QED) is 0.854. The van der Waals surface area contributed by atoms with Crippen molar-refractivity contribution in [2.75, 3.05) is 24.5 Å². The van der Waals surface area contributed by atoms with Gasteiger partial charge in [-0.05, 0) is 24.6 Å². The minimum absolute atomic E-state index is 0.0761. The lowest BCUT2D eigenvalue weighted by molar-refractivity contribution is -0.119. The molecule has 6 heteroatoms. The van der Waals surface area contributed by atoms with E-state index in [1.807, 2.05) is 55.5 Å². The molecule has 0 aromatic heterocycles. The molecule has 24 heavy (non-hydrogen) atoms. The molecule has 0 radical (unpaired) electrons. The highest BCUT2D eigenvalue weighted by atomic mass is 32.2. The standard InChI is InChI=1S/C18H20N2O3S/c1-15-6-5-7-16(12-15)14-24(22,23)19-10-11-20(18(21)13-19)17-8-3-2-4-9-17/h2-9,12H,10-11,13-14H2,1H3. The third-order valence-electron chi connectivity index (χ3n) is 4.08. The van der Waals surface area contributed by atoms with Crippen molar-refractivity contribution in [1.82, 2.24) is 4.31 Å². The third kappa shape index (κ3) is 3.66. The van der Waals surface area contributed by atoms with Gasteiger partial charge in [0, 0.05) is 18.8 Å². The van der Waals surface area contributed by atoms with Crippen LogP contribution in [0.4, 0.5) is 5.69 Å². The zero-order valence-electron chi connectivity index (χ0n) is 13.6. The number of nitrogens with zero attached hydrogens (tertiary/aromatic N) is 2. The van der Waals surface area contributed by atoms with Crippen LogP contribution in [0.3, 0.4) is 0 Å². The van der Waals surface area contributed by atoms with Crippen LogP contribution in [0.2, 0.25) is 0 Å². The largest absolute Gasteiger partial charge is 0.310 e. The van der Waals surface area contributed by atoms with Crippen molar-refractivity contribution in [3.8, 4) is 0 Å². The second kappa shape index (κ2) is 6.75. The molecule has 0 bridgehead atoms. The lowest BCUT2D eigenvalue weighted by atomic mass is 10.2. The van der Waals surface area contributed by atoms with Crippen LogP contribution in [0.15, 0.2) is 54.6 Å². The Morgan fingerprint density at radius 3 is 2.42 bits per heavy atom. The van der Waals surface area contributed by atoms with E-state index < -0.39 is 10.0 Å². The number of aryl methyl sites for hydroxylation is 1. The van der Waals surface area contributed by atoms with Gasteiger partial charge in [-0.25, -0.2) is 8.42 Å². The van der Waals surface area contributed by atoms with Gasteiger partial charge in [-0.2, -0.15) is 4.31 Å². The topological polar surface area (TPSA) is 57.7 Å². The Hall–Kier alpha value is -2.18. The van der Waals surface area contributed by atoms with Crippen molar-refractivity contribution < 1.29 is 13.2 Å². The van der Waals surface area contributed by atoms with Gasteiger partial charge in [0.15, 0.2) is 0 Å². The first-order valence-electron chi connectivity index (χ1n) is 7.84. The molecule has 1 saturated heterocycles. The molecule has 0 spiro atoms. The van der Waals surface area contributed by atoms with Gasteiger partial charge < -0.3 is 4.90 Å². The second-order valence-electron chi connectivity index (χ2n) is 5.96. The average Bonchev–Trinajstić information content (AvgIpc) is 2.55. The third-order valence-corrected chi connectivity index (χ3v) is 5.88. The van der Waals surface area contributed by atoms with Crippen molar-refractivity contribution in [3.05, 3.63) is 65.7 Å². The predicted octanol–water partition coefficient (Wildman–Crippen LogP) is 2.17. The summed E-state index contributed by atoms with van der Waals surface area (Å²) in [5.41, 5.74) is 2.57. The molecule has 5 nitrogen and oxygen atoms in total. The van der Waals surface area contributed by atoms with Gasteiger partial charge in [-0.1, -0.05) is 48.0 Å². The summed E-state index contributed by atoms with van der Waals surface area (Å²) < 4.78 is 26.5. The van der Waals surface area contributed by atoms with E-state index in [0.717, 1.165) is 16.8 Å². The number of piperazine rings is 1. The Bertz CT molecular complexity index is 834. The zero-order valence-corrected chi connectivity index (χ0v) is 14.4. The molecule has 1 amide bonds. The summed E-state index contributed by atoms with van der Waals surface area (Å²) in [6.07, 6.45) is 0. The lowest BCUT2D eigenvalue weighted by Crippen LogP contribution is -2.52. The van der Waals surface area contributed by atoms with Crippen LogP contribution in [0.25, 0.3) is 0 Å². The van der Waals surface area contributed by atoms with E-state index in [1.165, 1.54) is 4.31 Å². The molecule has 126 valence electrons. The molecule has 0 unspecified atom stereocenters. The number of anilines is 1. The molecule has 3 rings (SSSR count). The highest BCUT2D eigenvalue weighted by Gasteiger charge is 2.32. The Balaban J connectivity index is 1.72. The highest BCUT2D eigenvalue weighted by Crippen LogP contribution is 2.20. The fourth-order valence-electron chi connectivity index (χ4n) is 2.87. The van der Waals surface area contributed by atoms with Crippen LogP contribution >= 0.6 is 0 Å². The van der Waals surface area contributed by atoms with Gasteiger partial charge in [0.05, 0.1) is 12.3 Å². The van der Waals surface area contributed by atoms with Crippen molar-refractivity contribution >= 4 is 21.6 Å². The van der Waals surface area contributed by atoms with Crippen LogP contribution < -0.4 is 4.90 Å². The summed E-state index contributed by atoms with van der Waals surface area (Å²) in [6.45, 7) is 2.51. The van der Waals surface area contributed by atoms with Crippen LogP contribution in [0, 0.1) is 6.92 Å². The van der Waals surface area contributed by atoms with E-state index in [2.05, 4.69) is 0 Å². The highest BCUT2D eigenvalue weighted by molar-refractivity contribution is 7.88. The summed E-state index contributed by atoms with van der Waals surface area (Å²) in [5, 5.41) is 0. The van der Waals surface area contributed by atoms with E-state index in [-0.39, 0.29) is 18.2 Å². The fourth-order valence-corrected chi connectivity index (χ4v) is 4.32. The molecule has 2 aromatic carbocycles. The first-order chi connectivity index (χ1) is 11.5. The zero-order chi connectivity index (χ0) is 17.2. The van der Waals surface area contributed by atoms with E-state index in [4.69, 9.17) is 0 Å².